The van der Waals surface area contributed by atoms with E-state index >= 15 is 0 Å². The molecule has 1 rings (SSSR count). The van der Waals surface area contributed by atoms with Crippen molar-refractivity contribution in [3.63, 3.8) is 0 Å². The quantitative estimate of drug-likeness (QED) is 0.235. The minimum Gasteiger partial charge on any atom is -0.677 e. The van der Waals surface area contributed by atoms with Gasteiger partial charge in [-0.3, -0.25) is 0 Å². The Labute approximate surface area is 172 Å². The molecule has 0 amide bonds. The molecule has 0 radical (unpaired) electrons. The molecule has 0 unspecified atom stereocenters. The molecule has 1 aromatic carbocycles. The summed E-state index contributed by atoms with van der Waals surface area (Å²) in [4.78, 5) is 0. The van der Waals surface area contributed by atoms with Gasteiger partial charge in [-0.1, -0.05) is 64.5 Å². The van der Waals surface area contributed by atoms with Gasteiger partial charge >= 0.3 is 34.9 Å². The van der Waals surface area contributed by atoms with Gasteiger partial charge in [0.05, 0.1) is 0 Å². The summed E-state index contributed by atoms with van der Waals surface area (Å²) >= 11 is 0. The van der Waals surface area contributed by atoms with E-state index in [9.17, 15) is 12.3 Å². The molecule has 146 valence electrons. The molecule has 25 heavy (non-hydrogen) atoms. The maximum atomic E-state index is 11.8. The summed E-state index contributed by atoms with van der Waals surface area (Å²) < 4.78 is 35.3. The van der Waals surface area contributed by atoms with E-state index in [0.717, 1.165) is 12.1 Å². The molecule has 0 saturated heterocycles. The number of hydrogen-bond acceptors (Lipinski definition) is 0. The minimum absolute atomic E-state index is 0. The third-order valence-corrected chi connectivity index (χ3v) is 3.20. The second-order valence-electron chi connectivity index (χ2n) is 6.47. The van der Waals surface area contributed by atoms with Crippen LogP contribution >= 0.6 is 0 Å². The van der Waals surface area contributed by atoms with Gasteiger partial charge in [0.2, 0.25) is 0 Å². The summed E-state index contributed by atoms with van der Waals surface area (Å²) in [5.74, 6) is 1.65. The van der Waals surface area contributed by atoms with Crippen LogP contribution in [0.2, 0.25) is 0 Å². The number of rotatable bonds is 4. The van der Waals surface area contributed by atoms with Crippen LogP contribution < -0.4 is 5.19 Å². The molecule has 0 spiro atoms. The third-order valence-electron chi connectivity index (χ3n) is 2.21. The number of nitrogens with one attached hydrogen (secondary N) is 3. The molecule has 3 nitrogen and oxygen atoms in total. The summed E-state index contributed by atoms with van der Waals surface area (Å²) in [5, 5.41) is -0.442. The number of halogens is 3. The van der Waals surface area contributed by atoms with E-state index in [2.05, 4.69) is 0 Å². The second-order valence-corrected chi connectivity index (χ2v) is 8.04. The van der Waals surface area contributed by atoms with Crippen LogP contribution in [0.3, 0.4) is 0 Å². The van der Waals surface area contributed by atoms with Crippen LogP contribution in [0.25, 0.3) is 17.2 Å². The maximum absolute atomic E-state index is 11.8. The van der Waals surface area contributed by atoms with Gasteiger partial charge in [-0.15, -0.1) is 19.6 Å². The normalized spacial score (nSPS) is 10.0. The Kier molecular flexibility index (Phi) is 26.8. The Hall–Kier alpha value is 0.107. The van der Waals surface area contributed by atoms with Gasteiger partial charge in [0.15, 0.2) is 0 Å². The van der Waals surface area contributed by atoms with Crippen molar-refractivity contribution in [1.82, 2.24) is 0 Å². The first-order valence-electron chi connectivity index (χ1n) is 8.14. The van der Waals surface area contributed by atoms with Gasteiger partial charge in [0.25, 0.3) is 0 Å². The summed E-state index contributed by atoms with van der Waals surface area (Å²) in [7, 11) is -5.48. The van der Waals surface area contributed by atoms with Crippen LogP contribution in [0.5, 0.6) is 0 Å². The average Bonchev–Trinajstić information content (AvgIpc) is 3.03. The summed E-state index contributed by atoms with van der Waals surface area (Å²) in [5.41, 5.74) is 20.0. The van der Waals surface area contributed by atoms with Gasteiger partial charge in [-0.25, -0.2) is 24.5 Å². The first kappa shape index (κ1) is 32.8. The fourth-order valence-electron chi connectivity index (χ4n) is 0.563. The van der Waals surface area contributed by atoms with Crippen molar-refractivity contribution in [2.24, 2.45) is 17.8 Å². The molecular weight excluding hydrogens is 510 g/mol. The molecular formula is C17H34F3HfN3Si. The zero-order valence-electron chi connectivity index (χ0n) is 16.3. The van der Waals surface area contributed by atoms with Crippen LogP contribution in [0.15, 0.2) is 24.3 Å². The minimum atomic E-state index is -5.48. The van der Waals surface area contributed by atoms with Crippen molar-refractivity contribution < 1.29 is 38.2 Å². The SMILES string of the molecule is CC(C)C[NH-].CC(C)C[NH-].CC(C)C[NH-].F[Si](F)(F)[c-]1cccc1.[Hf+4]. The van der Waals surface area contributed by atoms with E-state index in [4.69, 9.17) is 17.2 Å². The molecule has 0 aliphatic carbocycles. The summed E-state index contributed by atoms with van der Waals surface area (Å²) in [6, 6.07) is 5.00. The Morgan fingerprint density at radius 1 is 0.720 bits per heavy atom. The molecule has 3 N–H and O–H groups in total. The Balaban J connectivity index is -0.000000122. The van der Waals surface area contributed by atoms with E-state index in [1.54, 1.807) is 0 Å². The van der Waals surface area contributed by atoms with Gasteiger partial charge in [-0.05, 0) is 0 Å². The standard InChI is InChI=1S/C5H4F3Si.3C4H10N.Hf/c6-9(7,8)5-3-1-2-4-5;3*1-4(2)3-5;/h1-4H;3*4-5H,3H2,1-2H3;/q4*-1;+4. The molecule has 0 saturated carbocycles. The molecule has 0 aliphatic rings. The molecule has 0 atom stereocenters. The molecule has 0 fully saturated rings. The summed E-state index contributed by atoms with van der Waals surface area (Å²) in [6.07, 6.45) is 0. The van der Waals surface area contributed by atoms with Gasteiger partial charge in [0, 0.05) is 0 Å². The molecule has 0 bridgehead atoms. The van der Waals surface area contributed by atoms with Crippen molar-refractivity contribution in [2.45, 2.75) is 41.5 Å². The van der Waals surface area contributed by atoms with Crippen LogP contribution in [0.1, 0.15) is 41.5 Å². The molecule has 0 aromatic heterocycles. The third kappa shape index (κ3) is 32.3. The smallest absolute Gasteiger partial charge is 0.677 e. The van der Waals surface area contributed by atoms with E-state index in [0.29, 0.717) is 37.4 Å². The Morgan fingerprint density at radius 2 is 0.920 bits per heavy atom. The van der Waals surface area contributed by atoms with E-state index in [-0.39, 0.29) is 25.8 Å². The zero-order chi connectivity index (χ0) is 19.8. The second kappa shape index (κ2) is 20.4. The first-order chi connectivity index (χ1) is 10.9. The maximum Gasteiger partial charge on any atom is 4.00 e. The Bertz CT molecular complexity index is 324. The van der Waals surface area contributed by atoms with E-state index < -0.39 is 14.3 Å². The van der Waals surface area contributed by atoms with Crippen LogP contribution in [-0.4, -0.2) is 28.7 Å². The summed E-state index contributed by atoms with van der Waals surface area (Å²) in [6.45, 7) is 13.9. The van der Waals surface area contributed by atoms with Crippen LogP contribution in [-0.2, 0) is 25.8 Å². The van der Waals surface area contributed by atoms with Crippen molar-refractivity contribution >= 4 is 14.3 Å². The van der Waals surface area contributed by atoms with E-state index in [1.165, 1.54) is 12.1 Å². The fourth-order valence-corrected chi connectivity index (χ4v) is 1.13. The van der Waals surface area contributed by atoms with Crippen LogP contribution in [0.4, 0.5) is 12.3 Å². The monoisotopic (exact) mass is 545 g/mol. The van der Waals surface area contributed by atoms with Gasteiger partial charge in [0.1, 0.15) is 0 Å². The largest absolute Gasteiger partial charge is 4.00 e. The number of hydrogen-bond donors (Lipinski definition) is 0. The van der Waals surface area contributed by atoms with Gasteiger partial charge < -0.3 is 17.2 Å². The van der Waals surface area contributed by atoms with Gasteiger partial charge in [-0.2, -0.15) is 12.1 Å². The molecule has 0 aliphatic heterocycles. The average molecular weight is 544 g/mol. The Morgan fingerprint density at radius 3 is 1.00 bits per heavy atom. The van der Waals surface area contributed by atoms with E-state index in [1.807, 2.05) is 41.5 Å². The zero-order valence-corrected chi connectivity index (χ0v) is 20.9. The van der Waals surface area contributed by atoms with Crippen molar-refractivity contribution in [3.8, 4) is 0 Å². The predicted molar refractivity (Wildman–Crippen MR) is 103 cm³/mol. The predicted octanol–water partition coefficient (Wildman–Crippen LogP) is 6.54. The van der Waals surface area contributed by atoms with Crippen molar-refractivity contribution in [1.29, 1.82) is 0 Å². The fraction of sp³-hybridized carbons (Fsp3) is 0.706. The molecule has 0 heterocycles. The van der Waals surface area contributed by atoms with Crippen molar-refractivity contribution in [3.05, 3.63) is 41.5 Å². The topological polar surface area (TPSA) is 71.4 Å². The molecule has 8 heteroatoms. The first-order valence-corrected chi connectivity index (χ1v) is 9.78. The molecule has 1 aromatic rings. The van der Waals surface area contributed by atoms with Crippen LogP contribution in [0, 0.1) is 17.8 Å². The van der Waals surface area contributed by atoms with Crippen molar-refractivity contribution in [2.75, 3.05) is 19.6 Å².